The quantitative estimate of drug-likeness (QED) is 0.699. The predicted molar refractivity (Wildman–Crippen MR) is 101 cm³/mol. The number of fused-ring (bicyclic) bond motifs is 3. The van der Waals surface area contributed by atoms with E-state index in [9.17, 15) is 14.7 Å². The molecule has 6 heteroatoms. The van der Waals surface area contributed by atoms with Gasteiger partial charge in [-0.2, -0.15) is 0 Å². The highest BCUT2D eigenvalue weighted by Gasteiger charge is 2.47. The van der Waals surface area contributed by atoms with Gasteiger partial charge < -0.3 is 20.4 Å². The van der Waals surface area contributed by atoms with Crippen molar-refractivity contribution >= 4 is 11.8 Å². The summed E-state index contributed by atoms with van der Waals surface area (Å²) in [7, 11) is 0. The van der Waals surface area contributed by atoms with E-state index in [1.54, 1.807) is 6.92 Å². The third-order valence-electron chi connectivity index (χ3n) is 6.77. The minimum Gasteiger partial charge on any atom is -0.481 e. The van der Waals surface area contributed by atoms with Gasteiger partial charge in [0.25, 0.3) is 0 Å². The van der Waals surface area contributed by atoms with Crippen molar-refractivity contribution in [2.45, 2.75) is 63.6 Å². The van der Waals surface area contributed by atoms with Crippen LogP contribution in [-0.2, 0) is 9.59 Å². The third kappa shape index (κ3) is 3.10. The van der Waals surface area contributed by atoms with E-state index in [0.717, 1.165) is 25.0 Å². The van der Waals surface area contributed by atoms with Crippen LogP contribution in [0, 0.1) is 11.8 Å². The first-order chi connectivity index (χ1) is 12.8. The number of aliphatic carboxylic acids is 1. The van der Waals surface area contributed by atoms with Crippen LogP contribution in [0.2, 0.25) is 0 Å². The van der Waals surface area contributed by atoms with E-state index in [4.69, 9.17) is 5.11 Å². The molecule has 0 radical (unpaired) electrons. The fourth-order valence-electron chi connectivity index (χ4n) is 5.24. The van der Waals surface area contributed by atoms with Crippen LogP contribution in [0.25, 0.3) is 0 Å². The number of hydrogen-bond acceptors (Lipinski definition) is 5. The summed E-state index contributed by atoms with van der Waals surface area (Å²) in [6.07, 6.45) is 8.23. The van der Waals surface area contributed by atoms with Crippen molar-refractivity contribution in [3.8, 4) is 0 Å². The Labute approximate surface area is 159 Å². The molecule has 3 heterocycles. The summed E-state index contributed by atoms with van der Waals surface area (Å²) in [5.41, 5.74) is 0.786. The van der Waals surface area contributed by atoms with Crippen LogP contribution in [0.3, 0.4) is 0 Å². The number of carbonyl (C=O) groups is 2. The number of carboxylic acid groups (broad SMARTS) is 1. The van der Waals surface area contributed by atoms with E-state index in [-0.39, 0.29) is 24.7 Å². The Morgan fingerprint density at radius 1 is 1.44 bits per heavy atom. The standard InChI is InChI=1S/C21H28N2O4/c1-3-21(27,10-18(25)26)15-8-13-7-14-11-23-5-4-12(2)6-16(23)19(14)22-20(13)17(24)9-15/h4-5,9,12,14,16,19,22,27H,3,6-8,10-11H2,1-2H3,(H,25,26). The van der Waals surface area contributed by atoms with Crippen molar-refractivity contribution in [1.82, 2.24) is 10.2 Å². The summed E-state index contributed by atoms with van der Waals surface area (Å²) >= 11 is 0. The molecule has 3 N–H and O–H groups in total. The fourth-order valence-corrected chi connectivity index (χ4v) is 5.24. The van der Waals surface area contributed by atoms with Gasteiger partial charge in [-0.3, -0.25) is 9.59 Å². The summed E-state index contributed by atoms with van der Waals surface area (Å²) < 4.78 is 0. The van der Waals surface area contributed by atoms with Crippen LogP contribution >= 0.6 is 0 Å². The number of nitrogens with one attached hydrogen (secondary N) is 1. The molecule has 0 saturated carbocycles. The number of nitrogens with zero attached hydrogens (tertiary/aromatic N) is 1. The lowest BCUT2D eigenvalue weighted by molar-refractivity contribution is -0.141. The summed E-state index contributed by atoms with van der Waals surface area (Å²) in [4.78, 5) is 26.4. The first-order valence-corrected chi connectivity index (χ1v) is 9.93. The molecule has 1 aliphatic carbocycles. The molecule has 1 fully saturated rings. The van der Waals surface area contributed by atoms with E-state index in [0.29, 0.717) is 35.6 Å². The number of carbonyl (C=O) groups excluding carboxylic acids is 1. The van der Waals surface area contributed by atoms with Crippen LogP contribution in [0.1, 0.15) is 46.0 Å². The van der Waals surface area contributed by atoms with Crippen molar-refractivity contribution in [3.05, 3.63) is 35.2 Å². The second-order valence-electron chi connectivity index (χ2n) is 8.60. The maximum Gasteiger partial charge on any atom is 0.306 e. The van der Waals surface area contributed by atoms with Crippen LogP contribution < -0.4 is 5.32 Å². The Bertz CT molecular complexity index is 768. The fraction of sp³-hybridized carbons (Fsp3) is 0.619. The van der Waals surface area contributed by atoms with Crippen LogP contribution in [-0.4, -0.2) is 51.1 Å². The maximum atomic E-state index is 12.8. The number of carboxylic acids is 1. The Hall–Kier alpha value is -2.08. The second kappa shape index (κ2) is 6.51. The molecule has 0 aromatic carbocycles. The van der Waals surface area contributed by atoms with E-state index < -0.39 is 11.6 Å². The molecule has 5 atom stereocenters. The van der Waals surface area contributed by atoms with E-state index >= 15 is 0 Å². The largest absolute Gasteiger partial charge is 0.481 e. The molecule has 1 saturated heterocycles. The van der Waals surface area contributed by atoms with Crippen LogP contribution in [0.15, 0.2) is 35.2 Å². The molecule has 27 heavy (non-hydrogen) atoms. The number of rotatable bonds is 4. The minimum absolute atomic E-state index is 0.125. The summed E-state index contributed by atoms with van der Waals surface area (Å²) in [5.74, 6) is -0.195. The Balaban J connectivity index is 1.57. The Morgan fingerprint density at radius 3 is 2.93 bits per heavy atom. The molecule has 0 aromatic heterocycles. The lowest BCUT2D eigenvalue weighted by Gasteiger charge is -2.39. The Morgan fingerprint density at radius 2 is 2.22 bits per heavy atom. The van der Waals surface area contributed by atoms with Gasteiger partial charge in [0, 0.05) is 18.5 Å². The molecule has 0 aromatic rings. The van der Waals surface area contributed by atoms with Gasteiger partial charge in [0.1, 0.15) is 0 Å². The average Bonchev–Trinajstić information content (AvgIpc) is 2.96. The van der Waals surface area contributed by atoms with Gasteiger partial charge in [0.2, 0.25) is 5.78 Å². The zero-order valence-corrected chi connectivity index (χ0v) is 15.9. The molecule has 4 aliphatic rings. The molecule has 3 aliphatic heterocycles. The molecule has 0 amide bonds. The topological polar surface area (TPSA) is 89.9 Å². The van der Waals surface area contributed by atoms with Crippen molar-refractivity contribution in [3.63, 3.8) is 0 Å². The van der Waals surface area contributed by atoms with Crippen molar-refractivity contribution in [1.29, 1.82) is 0 Å². The highest BCUT2D eigenvalue weighted by Crippen LogP contribution is 2.43. The molecular formula is C21H28N2O4. The van der Waals surface area contributed by atoms with Gasteiger partial charge in [-0.15, -0.1) is 0 Å². The first-order valence-electron chi connectivity index (χ1n) is 9.93. The first kappa shape index (κ1) is 18.3. The molecule has 0 bridgehead atoms. The van der Waals surface area contributed by atoms with Gasteiger partial charge in [-0.1, -0.05) is 19.9 Å². The molecule has 0 spiro atoms. The van der Waals surface area contributed by atoms with Gasteiger partial charge in [0.05, 0.1) is 23.8 Å². The zero-order chi connectivity index (χ0) is 19.3. The summed E-state index contributed by atoms with van der Waals surface area (Å²) in [6.45, 7) is 4.96. The lowest BCUT2D eigenvalue weighted by Crippen LogP contribution is -2.49. The molecule has 4 rings (SSSR count). The lowest BCUT2D eigenvalue weighted by atomic mass is 9.75. The summed E-state index contributed by atoms with van der Waals surface area (Å²) in [5, 5.41) is 23.5. The third-order valence-corrected chi connectivity index (χ3v) is 6.77. The minimum atomic E-state index is -1.46. The zero-order valence-electron chi connectivity index (χ0n) is 15.9. The highest BCUT2D eigenvalue weighted by atomic mass is 16.4. The Kier molecular flexibility index (Phi) is 4.41. The van der Waals surface area contributed by atoms with Crippen molar-refractivity contribution in [2.24, 2.45) is 11.8 Å². The number of allylic oxidation sites excluding steroid dienone is 3. The monoisotopic (exact) mass is 372 g/mol. The normalized spacial score (nSPS) is 34.3. The van der Waals surface area contributed by atoms with Gasteiger partial charge in [0.15, 0.2) is 0 Å². The van der Waals surface area contributed by atoms with Crippen LogP contribution in [0.5, 0.6) is 0 Å². The number of ketones is 1. The molecule has 146 valence electrons. The number of hydrogen-bond donors (Lipinski definition) is 3. The average molecular weight is 372 g/mol. The SMILES string of the molecule is CCC(O)(CC(=O)O)C1=CC(=O)C2=C(C1)CC1CN3C=CC(C)CC3C1N2. The van der Waals surface area contributed by atoms with Gasteiger partial charge in [-0.05, 0) is 55.0 Å². The predicted octanol–water partition coefficient (Wildman–Crippen LogP) is 1.97. The maximum absolute atomic E-state index is 12.8. The second-order valence-corrected chi connectivity index (χ2v) is 8.60. The van der Waals surface area contributed by atoms with E-state index in [2.05, 4.69) is 29.4 Å². The number of aliphatic hydroxyl groups is 1. The smallest absolute Gasteiger partial charge is 0.306 e. The van der Waals surface area contributed by atoms with E-state index in [1.807, 2.05) is 0 Å². The summed E-state index contributed by atoms with van der Waals surface area (Å²) in [6, 6.07) is 0.695. The van der Waals surface area contributed by atoms with Gasteiger partial charge >= 0.3 is 5.97 Å². The van der Waals surface area contributed by atoms with Crippen molar-refractivity contribution < 1.29 is 19.8 Å². The molecule has 6 nitrogen and oxygen atoms in total. The highest BCUT2D eigenvalue weighted by molar-refractivity contribution is 6.06. The van der Waals surface area contributed by atoms with Gasteiger partial charge in [-0.25, -0.2) is 0 Å². The van der Waals surface area contributed by atoms with Crippen LogP contribution in [0.4, 0.5) is 0 Å². The molecule has 5 unspecified atom stereocenters. The molecular weight excluding hydrogens is 344 g/mol. The van der Waals surface area contributed by atoms with E-state index in [1.165, 1.54) is 6.08 Å². The van der Waals surface area contributed by atoms with Crippen molar-refractivity contribution in [2.75, 3.05) is 6.54 Å².